The van der Waals surface area contributed by atoms with Gasteiger partial charge in [0.15, 0.2) is 22.5 Å². The molecule has 1 aromatic rings. The summed E-state index contributed by atoms with van der Waals surface area (Å²) in [7, 11) is 3.22. The Bertz CT molecular complexity index is 1110. The van der Waals surface area contributed by atoms with Gasteiger partial charge in [0.2, 0.25) is 0 Å². The van der Waals surface area contributed by atoms with Crippen LogP contribution in [-0.2, 0) is 6.54 Å². The predicted octanol–water partition coefficient (Wildman–Crippen LogP) is 3.70. The standard InChI is InChI=1S/C22H28N6O4S2/c1-31-14-3-4-16(32-2)17(11-14)34-21-26-18-19(23)24-12-28(20(18)27-21)8-5-15(25-22(29)30)13-6-9-33-10-7-13/h3-4,11-13,15,25H,5-10,23H2,1-2H3,(H,29,30). The molecular formula is C22H28N6O4S2. The number of nitrogen functional groups attached to an aromatic ring is 1. The molecule has 182 valence electrons. The molecule has 0 radical (unpaired) electrons. The van der Waals surface area contributed by atoms with Crippen molar-refractivity contribution in [1.29, 1.82) is 0 Å². The fourth-order valence-electron chi connectivity index (χ4n) is 4.09. The molecule has 1 aromatic carbocycles. The van der Waals surface area contributed by atoms with Gasteiger partial charge >= 0.3 is 6.09 Å². The molecule has 1 atom stereocenters. The number of thioether (sulfide) groups is 1. The van der Waals surface area contributed by atoms with Gasteiger partial charge in [-0.2, -0.15) is 11.8 Å². The highest BCUT2D eigenvalue weighted by molar-refractivity contribution is 7.99. The summed E-state index contributed by atoms with van der Waals surface area (Å²) in [6.45, 7) is 0.545. The molecule has 1 amide bonds. The van der Waals surface area contributed by atoms with E-state index >= 15 is 0 Å². The third-order valence-electron chi connectivity index (χ3n) is 5.87. The second-order valence-corrected chi connectivity index (χ2v) is 10.1. The number of imidazole rings is 1. The van der Waals surface area contributed by atoms with Crippen LogP contribution in [0.2, 0.25) is 0 Å². The van der Waals surface area contributed by atoms with Crippen LogP contribution in [0.4, 0.5) is 10.6 Å². The van der Waals surface area contributed by atoms with Crippen molar-refractivity contribution in [2.75, 3.05) is 31.5 Å². The van der Waals surface area contributed by atoms with E-state index in [9.17, 15) is 9.90 Å². The van der Waals surface area contributed by atoms with Crippen molar-refractivity contribution in [2.24, 2.45) is 5.92 Å². The molecule has 0 aliphatic carbocycles. The van der Waals surface area contributed by atoms with Gasteiger partial charge in [-0.15, -0.1) is 0 Å². The minimum Gasteiger partial charge on any atom is -0.497 e. The van der Waals surface area contributed by atoms with E-state index in [1.807, 2.05) is 34.5 Å². The topological polar surface area (TPSA) is 137 Å². The predicted molar refractivity (Wildman–Crippen MR) is 132 cm³/mol. The minimum absolute atomic E-state index is 0.128. The molecule has 3 heterocycles. The molecule has 3 aliphatic heterocycles. The summed E-state index contributed by atoms with van der Waals surface area (Å²) in [5, 5.41) is 12.6. The molecule has 3 aliphatic rings. The molecule has 10 nitrogen and oxygen atoms in total. The minimum atomic E-state index is -0.993. The molecule has 0 spiro atoms. The summed E-state index contributed by atoms with van der Waals surface area (Å²) >= 11 is 3.27. The van der Waals surface area contributed by atoms with Gasteiger partial charge in [-0.3, -0.25) is 0 Å². The smallest absolute Gasteiger partial charge is 0.404 e. The van der Waals surface area contributed by atoms with Gasteiger partial charge < -0.3 is 30.2 Å². The maximum absolute atomic E-state index is 11.4. The lowest BCUT2D eigenvalue weighted by molar-refractivity contribution is 0.180. The third-order valence-corrected chi connectivity index (χ3v) is 7.82. The number of aryl methyl sites for hydroxylation is 1. The Balaban J connectivity index is 1.56. The summed E-state index contributed by atoms with van der Waals surface area (Å²) in [6.07, 6.45) is 3.30. The lowest BCUT2D eigenvalue weighted by atomic mass is 9.91. The van der Waals surface area contributed by atoms with Crippen molar-refractivity contribution in [1.82, 2.24) is 24.8 Å². The van der Waals surface area contributed by atoms with Crippen LogP contribution in [0.5, 0.6) is 11.5 Å². The molecule has 0 aromatic heterocycles. The number of methoxy groups -OCH3 is 2. The average molecular weight is 505 g/mol. The Morgan fingerprint density at radius 3 is 2.82 bits per heavy atom. The number of hydrogen-bond acceptors (Lipinski definition) is 9. The second-order valence-electron chi connectivity index (χ2n) is 7.91. The molecule has 34 heavy (non-hydrogen) atoms. The average Bonchev–Trinajstić information content (AvgIpc) is 3.27. The normalized spacial score (nSPS) is 15.2. The Kier molecular flexibility index (Phi) is 7.88. The number of aromatic nitrogens is 4. The van der Waals surface area contributed by atoms with Crippen molar-refractivity contribution in [3.63, 3.8) is 0 Å². The van der Waals surface area contributed by atoms with E-state index in [0.717, 1.165) is 29.2 Å². The Morgan fingerprint density at radius 2 is 2.12 bits per heavy atom. The van der Waals surface area contributed by atoms with Crippen LogP contribution < -0.4 is 20.5 Å². The van der Waals surface area contributed by atoms with Crippen LogP contribution in [0, 0.1) is 5.92 Å². The zero-order chi connectivity index (χ0) is 24.1. The number of carboxylic acid groups (broad SMARTS) is 1. The third kappa shape index (κ3) is 5.61. The fraction of sp³-hybridized carbons (Fsp3) is 0.455. The maximum atomic E-state index is 11.4. The van der Waals surface area contributed by atoms with Gasteiger partial charge in [0, 0.05) is 12.6 Å². The maximum Gasteiger partial charge on any atom is 0.404 e. The van der Waals surface area contributed by atoms with Crippen LogP contribution in [-0.4, -0.2) is 62.5 Å². The van der Waals surface area contributed by atoms with Crippen molar-refractivity contribution in [3.05, 3.63) is 24.5 Å². The summed E-state index contributed by atoms with van der Waals surface area (Å²) in [5.41, 5.74) is 6.62. The first-order chi connectivity index (χ1) is 16.5. The van der Waals surface area contributed by atoms with Gasteiger partial charge in [0.1, 0.15) is 11.5 Å². The lowest BCUT2D eigenvalue weighted by Gasteiger charge is -2.30. The van der Waals surface area contributed by atoms with Gasteiger partial charge in [-0.05, 0) is 66.6 Å². The lowest BCUT2D eigenvalue weighted by Crippen LogP contribution is -2.41. The molecule has 4 rings (SSSR count). The number of benzene rings is 1. The van der Waals surface area contributed by atoms with Crippen LogP contribution in [0.3, 0.4) is 0 Å². The number of amides is 1. The Hall–Kier alpha value is -2.86. The van der Waals surface area contributed by atoms with Crippen molar-refractivity contribution in [2.45, 2.75) is 41.9 Å². The summed E-state index contributed by atoms with van der Waals surface area (Å²) in [6, 6.07) is 5.40. The second kappa shape index (κ2) is 11.0. The van der Waals surface area contributed by atoms with Crippen LogP contribution in [0.25, 0.3) is 11.5 Å². The van der Waals surface area contributed by atoms with E-state index in [1.54, 1.807) is 20.5 Å². The van der Waals surface area contributed by atoms with Crippen molar-refractivity contribution >= 4 is 35.4 Å². The largest absolute Gasteiger partial charge is 0.497 e. The van der Waals surface area contributed by atoms with E-state index < -0.39 is 6.09 Å². The van der Waals surface area contributed by atoms with Gasteiger partial charge in [0.05, 0.1) is 25.4 Å². The van der Waals surface area contributed by atoms with E-state index in [0.29, 0.717) is 52.9 Å². The molecule has 4 N–H and O–H groups in total. The summed E-state index contributed by atoms with van der Waals surface area (Å²) < 4.78 is 12.7. The zero-order valence-corrected chi connectivity index (χ0v) is 20.7. The quantitative estimate of drug-likeness (QED) is 0.395. The number of nitrogens with zero attached hydrogens (tertiary/aromatic N) is 4. The molecular weight excluding hydrogens is 476 g/mol. The van der Waals surface area contributed by atoms with Gasteiger partial charge in [0.25, 0.3) is 0 Å². The molecule has 0 saturated carbocycles. The summed E-state index contributed by atoms with van der Waals surface area (Å²) in [5.74, 6) is 4.75. The molecule has 1 unspecified atom stereocenters. The Morgan fingerprint density at radius 1 is 1.32 bits per heavy atom. The molecule has 1 saturated heterocycles. The number of hydrogen-bond donors (Lipinski definition) is 3. The first-order valence-electron chi connectivity index (χ1n) is 10.9. The van der Waals surface area contributed by atoms with E-state index in [4.69, 9.17) is 20.2 Å². The fourth-order valence-corrected chi connectivity index (χ4v) is 6.12. The first-order valence-corrected chi connectivity index (χ1v) is 12.9. The Labute approximate surface area is 206 Å². The number of fused-ring (bicyclic) bond motifs is 1. The van der Waals surface area contributed by atoms with E-state index in [1.165, 1.54) is 11.8 Å². The van der Waals surface area contributed by atoms with Crippen molar-refractivity contribution < 1.29 is 19.4 Å². The number of nitrogens with two attached hydrogens (primary N) is 1. The van der Waals surface area contributed by atoms with Crippen LogP contribution in [0.15, 0.2) is 34.6 Å². The van der Waals surface area contributed by atoms with Crippen molar-refractivity contribution in [3.8, 4) is 23.0 Å². The monoisotopic (exact) mass is 504 g/mol. The van der Waals surface area contributed by atoms with Gasteiger partial charge in [-0.25, -0.2) is 19.7 Å². The number of nitrogens with one attached hydrogen (secondary N) is 1. The molecule has 1 fully saturated rings. The SMILES string of the molecule is COc1ccc(OC)c(Sc2nc3c(N)ncn(CCC(NC(=O)O)C4CCSCC4)c-3n2)c1. The first kappa shape index (κ1) is 24.3. The number of ether oxygens (including phenoxy) is 2. The number of carbonyl (C=O) groups is 1. The summed E-state index contributed by atoms with van der Waals surface area (Å²) in [4.78, 5) is 25.8. The van der Waals surface area contributed by atoms with Crippen LogP contribution in [0.1, 0.15) is 19.3 Å². The highest BCUT2D eigenvalue weighted by Crippen LogP contribution is 2.38. The molecule has 0 bridgehead atoms. The van der Waals surface area contributed by atoms with E-state index in [2.05, 4.69) is 15.3 Å². The molecule has 12 heteroatoms. The highest BCUT2D eigenvalue weighted by atomic mass is 32.2. The number of anilines is 1. The highest BCUT2D eigenvalue weighted by Gasteiger charge is 2.26. The van der Waals surface area contributed by atoms with Crippen LogP contribution >= 0.6 is 23.5 Å². The number of rotatable bonds is 9. The van der Waals surface area contributed by atoms with Gasteiger partial charge in [-0.1, -0.05) is 0 Å². The zero-order valence-electron chi connectivity index (χ0n) is 19.1. The van der Waals surface area contributed by atoms with E-state index in [-0.39, 0.29) is 6.04 Å².